The second kappa shape index (κ2) is 11.9. The van der Waals surface area contributed by atoms with Gasteiger partial charge in [-0.3, -0.25) is 19.3 Å². The summed E-state index contributed by atoms with van der Waals surface area (Å²) in [6, 6.07) is 13.4. The fourth-order valence-electron chi connectivity index (χ4n) is 2.94. The predicted molar refractivity (Wildman–Crippen MR) is 127 cm³/mol. The Morgan fingerprint density at radius 1 is 0.941 bits per heavy atom. The minimum atomic E-state index is -0.542. The van der Waals surface area contributed by atoms with Crippen LogP contribution in [0.15, 0.2) is 53.4 Å². The van der Waals surface area contributed by atoms with Gasteiger partial charge in [0.2, 0.25) is 5.91 Å². The second-order valence-electron chi connectivity index (χ2n) is 6.94. The van der Waals surface area contributed by atoms with Crippen LogP contribution in [0, 0.1) is 0 Å². The molecule has 0 spiro atoms. The van der Waals surface area contributed by atoms with Gasteiger partial charge in [-0.1, -0.05) is 12.1 Å². The summed E-state index contributed by atoms with van der Waals surface area (Å²) in [7, 11) is 0. The van der Waals surface area contributed by atoms with Crippen molar-refractivity contribution in [2.45, 2.75) is 13.8 Å². The zero-order valence-corrected chi connectivity index (χ0v) is 19.6. The van der Waals surface area contributed by atoms with Crippen molar-refractivity contribution in [3.8, 4) is 11.5 Å². The topological polar surface area (TPSA) is 111 Å². The normalized spacial score (nSPS) is 14.3. The number of ether oxygens (including phenoxy) is 3. The molecule has 1 aliphatic heterocycles. The molecule has 1 saturated heterocycles. The first-order chi connectivity index (χ1) is 16.4. The van der Waals surface area contributed by atoms with Crippen LogP contribution in [0.3, 0.4) is 0 Å². The molecule has 3 rings (SSSR count). The van der Waals surface area contributed by atoms with E-state index < -0.39 is 29.6 Å². The molecule has 2 aromatic rings. The Labute approximate surface area is 201 Å². The number of nitrogens with one attached hydrogen (secondary N) is 1. The van der Waals surface area contributed by atoms with Gasteiger partial charge in [0.05, 0.1) is 18.1 Å². The largest absolute Gasteiger partial charge is 0.494 e. The van der Waals surface area contributed by atoms with Crippen molar-refractivity contribution in [2.24, 2.45) is 0 Å². The summed E-state index contributed by atoms with van der Waals surface area (Å²) in [6.45, 7) is 3.80. The third kappa shape index (κ3) is 6.85. The molecule has 1 heterocycles. The monoisotopic (exact) mass is 484 g/mol. The summed E-state index contributed by atoms with van der Waals surface area (Å²) >= 11 is 0.766. The van der Waals surface area contributed by atoms with E-state index in [1.165, 1.54) is 0 Å². The van der Waals surface area contributed by atoms with Crippen LogP contribution in [-0.2, 0) is 19.1 Å². The SMILES string of the molecule is CCOC(=O)COc1ccc(/C=C2/SC(=O)N(CC(=O)Nc3ccc(OCC)cc3)C2=O)cc1. The van der Waals surface area contributed by atoms with E-state index in [9.17, 15) is 19.2 Å². The number of thioether (sulfide) groups is 1. The van der Waals surface area contributed by atoms with Crippen LogP contribution in [0.2, 0.25) is 0 Å². The third-order valence-corrected chi connectivity index (χ3v) is 5.37. The molecule has 1 aliphatic rings. The van der Waals surface area contributed by atoms with Crippen molar-refractivity contribution in [1.82, 2.24) is 4.90 Å². The lowest BCUT2D eigenvalue weighted by molar-refractivity contribution is -0.145. The van der Waals surface area contributed by atoms with Crippen molar-refractivity contribution in [3.05, 3.63) is 59.0 Å². The van der Waals surface area contributed by atoms with E-state index in [4.69, 9.17) is 14.2 Å². The third-order valence-electron chi connectivity index (χ3n) is 4.46. The first-order valence-electron chi connectivity index (χ1n) is 10.6. The van der Waals surface area contributed by atoms with E-state index in [0.717, 1.165) is 16.7 Å². The van der Waals surface area contributed by atoms with E-state index in [1.54, 1.807) is 61.5 Å². The van der Waals surface area contributed by atoms with E-state index in [1.807, 2.05) is 6.92 Å². The molecule has 0 aliphatic carbocycles. The number of imide groups is 1. The van der Waals surface area contributed by atoms with Crippen molar-refractivity contribution in [3.63, 3.8) is 0 Å². The molecule has 0 atom stereocenters. The maximum atomic E-state index is 12.7. The number of hydrogen-bond acceptors (Lipinski definition) is 8. The van der Waals surface area contributed by atoms with Gasteiger partial charge in [-0.25, -0.2) is 4.79 Å². The highest BCUT2D eigenvalue weighted by Crippen LogP contribution is 2.32. The van der Waals surface area contributed by atoms with Gasteiger partial charge in [-0.05, 0) is 73.6 Å². The van der Waals surface area contributed by atoms with Gasteiger partial charge in [0.15, 0.2) is 6.61 Å². The molecule has 0 bridgehead atoms. The molecule has 9 nitrogen and oxygen atoms in total. The summed E-state index contributed by atoms with van der Waals surface area (Å²) in [6.07, 6.45) is 1.56. The van der Waals surface area contributed by atoms with Crippen LogP contribution < -0.4 is 14.8 Å². The summed E-state index contributed by atoms with van der Waals surface area (Å²) in [4.78, 5) is 49.8. The smallest absolute Gasteiger partial charge is 0.344 e. The maximum Gasteiger partial charge on any atom is 0.344 e. The fraction of sp³-hybridized carbons (Fsp3) is 0.250. The molecule has 0 saturated carbocycles. The van der Waals surface area contributed by atoms with Crippen LogP contribution in [0.5, 0.6) is 11.5 Å². The van der Waals surface area contributed by atoms with Crippen LogP contribution in [0.1, 0.15) is 19.4 Å². The molecule has 1 fully saturated rings. The average Bonchev–Trinajstić information content (AvgIpc) is 3.07. The van der Waals surface area contributed by atoms with Crippen molar-refractivity contribution in [1.29, 1.82) is 0 Å². The van der Waals surface area contributed by atoms with Gasteiger partial charge < -0.3 is 19.5 Å². The molecular formula is C24H24N2O7S. The Morgan fingerprint density at radius 3 is 2.24 bits per heavy atom. The number of carbonyl (C=O) groups is 4. The average molecular weight is 485 g/mol. The minimum absolute atomic E-state index is 0.204. The van der Waals surface area contributed by atoms with Crippen LogP contribution >= 0.6 is 11.8 Å². The standard InChI is InChI=1S/C24H24N2O7S/c1-3-31-18-11-7-17(8-12-18)25-21(27)14-26-23(29)20(34-24(26)30)13-16-5-9-19(10-6-16)33-15-22(28)32-4-2/h5-13H,3-4,14-15H2,1-2H3,(H,25,27)/b20-13+. The van der Waals surface area contributed by atoms with E-state index in [0.29, 0.717) is 29.4 Å². The van der Waals surface area contributed by atoms with Gasteiger partial charge in [0, 0.05) is 5.69 Å². The minimum Gasteiger partial charge on any atom is -0.494 e. The van der Waals surface area contributed by atoms with Crippen LogP contribution in [0.4, 0.5) is 10.5 Å². The summed E-state index contributed by atoms with van der Waals surface area (Å²) in [5.74, 6) is -0.360. The number of rotatable bonds is 10. The number of amides is 3. The lowest BCUT2D eigenvalue weighted by Crippen LogP contribution is -2.36. The zero-order chi connectivity index (χ0) is 24.5. The Balaban J connectivity index is 1.57. The summed E-state index contributed by atoms with van der Waals surface area (Å²) < 4.78 is 15.5. The van der Waals surface area contributed by atoms with Crippen molar-refractivity contribution >= 4 is 46.5 Å². The quantitative estimate of drug-likeness (QED) is 0.401. The Bertz CT molecular complexity index is 1080. The van der Waals surface area contributed by atoms with Gasteiger partial charge in [-0.2, -0.15) is 0 Å². The molecule has 0 radical (unpaired) electrons. The van der Waals surface area contributed by atoms with Crippen LogP contribution in [0.25, 0.3) is 6.08 Å². The number of anilines is 1. The number of hydrogen-bond donors (Lipinski definition) is 1. The molecule has 1 N–H and O–H groups in total. The highest BCUT2D eigenvalue weighted by atomic mass is 32.2. The molecule has 178 valence electrons. The van der Waals surface area contributed by atoms with E-state index >= 15 is 0 Å². The van der Waals surface area contributed by atoms with Gasteiger partial charge in [-0.15, -0.1) is 0 Å². The van der Waals surface area contributed by atoms with Crippen LogP contribution in [-0.4, -0.2) is 54.3 Å². The Morgan fingerprint density at radius 2 is 1.59 bits per heavy atom. The summed E-state index contributed by atoms with van der Waals surface area (Å²) in [5, 5.41) is 2.14. The first-order valence-corrected chi connectivity index (χ1v) is 11.4. The molecule has 10 heteroatoms. The molecule has 3 amide bonds. The number of esters is 1. The lowest BCUT2D eigenvalue weighted by atomic mass is 10.2. The molecule has 0 unspecified atom stereocenters. The Hall–Kier alpha value is -3.79. The van der Waals surface area contributed by atoms with Gasteiger partial charge >= 0.3 is 5.97 Å². The predicted octanol–water partition coefficient (Wildman–Crippen LogP) is 3.70. The molecule has 0 aromatic heterocycles. The van der Waals surface area contributed by atoms with Gasteiger partial charge in [0.25, 0.3) is 11.1 Å². The molecule has 2 aromatic carbocycles. The first kappa shape index (κ1) is 24.8. The van der Waals surface area contributed by atoms with Crippen molar-refractivity contribution in [2.75, 3.05) is 31.7 Å². The molecule has 34 heavy (non-hydrogen) atoms. The van der Waals surface area contributed by atoms with E-state index in [2.05, 4.69) is 5.32 Å². The Kier molecular flexibility index (Phi) is 8.69. The number of carbonyl (C=O) groups excluding carboxylic acids is 4. The van der Waals surface area contributed by atoms with E-state index in [-0.39, 0.29) is 18.1 Å². The van der Waals surface area contributed by atoms with Gasteiger partial charge in [0.1, 0.15) is 18.0 Å². The molecular weight excluding hydrogens is 460 g/mol. The highest BCUT2D eigenvalue weighted by molar-refractivity contribution is 8.18. The number of benzene rings is 2. The maximum absolute atomic E-state index is 12.7. The fourth-order valence-corrected chi connectivity index (χ4v) is 3.78. The summed E-state index contributed by atoms with van der Waals surface area (Å²) in [5.41, 5.74) is 1.19. The highest BCUT2D eigenvalue weighted by Gasteiger charge is 2.36. The van der Waals surface area contributed by atoms with Crippen molar-refractivity contribution < 1.29 is 33.4 Å². The second-order valence-corrected chi connectivity index (χ2v) is 7.93. The number of nitrogens with zero attached hydrogens (tertiary/aromatic N) is 1. The lowest BCUT2D eigenvalue weighted by Gasteiger charge is -2.12. The zero-order valence-electron chi connectivity index (χ0n) is 18.7.